The molecular formula is C14H11ClO4S. The summed E-state index contributed by atoms with van der Waals surface area (Å²) < 4.78 is 24.5. The molecule has 0 aliphatic rings. The molecule has 0 unspecified atom stereocenters. The second-order valence-electron chi connectivity index (χ2n) is 4.19. The summed E-state index contributed by atoms with van der Waals surface area (Å²) >= 11 is 5.79. The Kier molecular flexibility index (Phi) is 4.11. The molecule has 2 aromatic carbocycles. The van der Waals surface area contributed by atoms with E-state index >= 15 is 0 Å². The molecule has 2 rings (SSSR count). The number of carboxylic acids is 1. The number of carboxylic acid groups (broad SMARTS) is 1. The minimum absolute atomic E-state index is 0.0105. The van der Waals surface area contributed by atoms with Crippen LogP contribution in [0, 0.1) is 0 Å². The molecule has 104 valence electrons. The van der Waals surface area contributed by atoms with Crippen molar-refractivity contribution in [3.05, 3.63) is 64.7 Å². The van der Waals surface area contributed by atoms with E-state index in [1.165, 1.54) is 18.2 Å². The summed E-state index contributed by atoms with van der Waals surface area (Å²) in [6, 6.07) is 12.4. The summed E-state index contributed by atoms with van der Waals surface area (Å²) in [6.07, 6.45) is 0. The van der Waals surface area contributed by atoms with Crippen LogP contribution in [0.3, 0.4) is 0 Å². The minimum Gasteiger partial charge on any atom is -0.478 e. The first-order valence-electron chi connectivity index (χ1n) is 5.70. The molecular weight excluding hydrogens is 300 g/mol. The topological polar surface area (TPSA) is 71.4 Å². The van der Waals surface area contributed by atoms with Crippen molar-refractivity contribution in [2.45, 2.75) is 10.6 Å². The zero-order valence-corrected chi connectivity index (χ0v) is 11.9. The molecule has 0 radical (unpaired) electrons. The number of hydrogen-bond acceptors (Lipinski definition) is 3. The normalized spacial score (nSPS) is 11.2. The summed E-state index contributed by atoms with van der Waals surface area (Å²) in [4.78, 5) is 10.9. The Bertz CT molecular complexity index is 739. The molecule has 4 nitrogen and oxygen atoms in total. The third-order valence-corrected chi connectivity index (χ3v) is 4.73. The largest absolute Gasteiger partial charge is 0.478 e. The number of rotatable bonds is 4. The van der Waals surface area contributed by atoms with Crippen molar-refractivity contribution in [3.63, 3.8) is 0 Å². The van der Waals surface area contributed by atoms with Gasteiger partial charge >= 0.3 is 5.97 Å². The number of sulfone groups is 1. The predicted octanol–water partition coefficient (Wildman–Crippen LogP) is 3.01. The van der Waals surface area contributed by atoms with Crippen LogP contribution in [0.2, 0.25) is 5.02 Å². The van der Waals surface area contributed by atoms with Crippen LogP contribution in [-0.4, -0.2) is 19.5 Å². The van der Waals surface area contributed by atoms with Crippen LogP contribution < -0.4 is 0 Å². The van der Waals surface area contributed by atoms with Gasteiger partial charge in [-0.25, -0.2) is 13.2 Å². The molecule has 0 saturated heterocycles. The second-order valence-corrected chi connectivity index (χ2v) is 6.59. The van der Waals surface area contributed by atoms with Gasteiger partial charge in [-0.05, 0) is 23.8 Å². The van der Waals surface area contributed by atoms with Crippen LogP contribution in [0.4, 0.5) is 0 Å². The number of carbonyl (C=O) groups is 1. The maximum atomic E-state index is 12.2. The Balaban J connectivity index is 2.35. The molecule has 0 aromatic heterocycles. The molecule has 20 heavy (non-hydrogen) atoms. The number of benzene rings is 2. The van der Waals surface area contributed by atoms with Gasteiger partial charge in [0.15, 0.2) is 9.84 Å². The number of halogens is 1. The van der Waals surface area contributed by atoms with Gasteiger partial charge < -0.3 is 5.11 Å². The molecule has 0 bridgehead atoms. The zero-order chi connectivity index (χ0) is 14.8. The lowest BCUT2D eigenvalue weighted by Gasteiger charge is -2.06. The van der Waals surface area contributed by atoms with E-state index in [1.54, 1.807) is 30.3 Å². The van der Waals surface area contributed by atoms with E-state index < -0.39 is 15.8 Å². The highest BCUT2D eigenvalue weighted by molar-refractivity contribution is 7.90. The van der Waals surface area contributed by atoms with Crippen LogP contribution in [-0.2, 0) is 15.6 Å². The van der Waals surface area contributed by atoms with Crippen molar-refractivity contribution in [2.24, 2.45) is 0 Å². The van der Waals surface area contributed by atoms with E-state index in [-0.39, 0.29) is 21.2 Å². The molecule has 0 atom stereocenters. The molecule has 0 amide bonds. The maximum absolute atomic E-state index is 12.2. The monoisotopic (exact) mass is 310 g/mol. The van der Waals surface area contributed by atoms with E-state index in [4.69, 9.17) is 16.7 Å². The number of aromatic carboxylic acids is 1. The molecule has 6 heteroatoms. The summed E-state index contributed by atoms with van der Waals surface area (Å²) in [7, 11) is -3.56. The third-order valence-electron chi connectivity index (χ3n) is 2.73. The van der Waals surface area contributed by atoms with Crippen LogP contribution in [0.25, 0.3) is 0 Å². The molecule has 2 aromatic rings. The Morgan fingerprint density at radius 2 is 1.75 bits per heavy atom. The molecule has 0 heterocycles. The van der Waals surface area contributed by atoms with E-state index in [1.807, 2.05) is 0 Å². The lowest BCUT2D eigenvalue weighted by atomic mass is 10.2. The highest BCUT2D eigenvalue weighted by Crippen LogP contribution is 2.23. The van der Waals surface area contributed by atoms with Gasteiger partial charge in [-0.3, -0.25) is 0 Å². The third kappa shape index (κ3) is 3.18. The fourth-order valence-electron chi connectivity index (χ4n) is 1.74. The van der Waals surface area contributed by atoms with Crippen molar-refractivity contribution in [1.29, 1.82) is 0 Å². The molecule has 0 spiro atoms. The Hall–Kier alpha value is -1.85. The summed E-state index contributed by atoms with van der Waals surface area (Å²) in [5, 5.41) is 8.77. The Morgan fingerprint density at radius 3 is 2.30 bits per heavy atom. The highest BCUT2D eigenvalue weighted by atomic mass is 35.5. The van der Waals surface area contributed by atoms with E-state index in [0.29, 0.717) is 5.56 Å². The summed E-state index contributed by atoms with van der Waals surface area (Å²) in [6.45, 7) is 0. The van der Waals surface area contributed by atoms with Crippen molar-refractivity contribution >= 4 is 27.4 Å². The van der Waals surface area contributed by atoms with Crippen LogP contribution in [0.15, 0.2) is 53.4 Å². The average molecular weight is 311 g/mol. The zero-order valence-electron chi connectivity index (χ0n) is 10.3. The summed E-state index contributed by atoms with van der Waals surface area (Å²) in [5.41, 5.74) is 0.538. The van der Waals surface area contributed by atoms with E-state index in [9.17, 15) is 13.2 Å². The van der Waals surface area contributed by atoms with E-state index in [0.717, 1.165) is 0 Å². The standard InChI is InChI=1S/C14H11ClO4S/c15-13-8-11(6-7-12(13)14(16)17)20(18,19)9-10-4-2-1-3-5-10/h1-8H,9H2,(H,16,17). The lowest BCUT2D eigenvalue weighted by Crippen LogP contribution is -2.06. The van der Waals surface area contributed by atoms with Crippen molar-refractivity contribution in [3.8, 4) is 0 Å². The van der Waals surface area contributed by atoms with Gasteiger partial charge in [-0.1, -0.05) is 41.9 Å². The lowest BCUT2D eigenvalue weighted by molar-refractivity contribution is 0.0697. The minimum atomic E-state index is -3.56. The van der Waals surface area contributed by atoms with Crippen LogP contribution in [0.1, 0.15) is 15.9 Å². The Labute approximate surface area is 121 Å². The van der Waals surface area contributed by atoms with E-state index in [2.05, 4.69) is 0 Å². The molecule has 0 aliphatic heterocycles. The fourth-order valence-corrected chi connectivity index (χ4v) is 3.44. The van der Waals surface area contributed by atoms with Crippen molar-refractivity contribution in [2.75, 3.05) is 0 Å². The van der Waals surface area contributed by atoms with Crippen LogP contribution >= 0.6 is 11.6 Å². The van der Waals surface area contributed by atoms with Gasteiger partial charge in [-0.15, -0.1) is 0 Å². The van der Waals surface area contributed by atoms with Gasteiger partial charge in [-0.2, -0.15) is 0 Å². The van der Waals surface area contributed by atoms with Gasteiger partial charge in [0, 0.05) is 0 Å². The first-order chi connectivity index (χ1) is 9.40. The summed E-state index contributed by atoms with van der Waals surface area (Å²) in [5.74, 6) is -1.35. The molecule has 0 saturated carbocycles. The van der Waals surface area contributed by atoms with Gasteiger partial charge in [0.05, 0.1) is 21.2 Å². The van der Waals surface area contributed by atoms with Gasteiger partial charge in [0.2, 0.25) is 0 Å². The van der Waals surface area contributed by atoms with Gasteiger partial charge in [0.1, 0.15) is 0 Å². The SMILES string of the molecule is O=C(O)c1ccc(S(=O)(=O)Cc2ccccc2)cc1Cl. The average Bonchev–Trinajstić information content (AvgIpc) is 2.38. The van der Waals surface area contributed by atoms with Crippen LogP contribution in [0.5, 0.6) is 0 Å². The van der Waals surface area contributed by atoms with Gasteiger partial charge in [0.25, 0.3) is 0 Å². The molecule has 0 aliphatic carbocycles. The predicted molar refractivity (Wildman–Crippen MR) is 75.7 cm³/mol. The number of hydrogen-bond donors (Lipinski definition) is 1. The Morgan fingerprint density at radius 1 is 1.10 bits per heavy atom. The quantitative estimate of drug-likeness (QED) is 0.942. The molecule has 1 N–H and O–H groups in total. The highest BCUT2D eigenvalue weighted by Gasteiger charge is 2.18. The first-order valence-corrected chi connectivity index (χ1v) is 7.73. The molecule has 0 fully saturated rings. The van der Waals surface area contributed by atoms with Crippen molar-refractivity contribution < 1.29 is 18.3 Å². The fraction of sp³-hybridized carbons (Fsp3) is 0.0714. The maximum Gasteiger partial charge on any atom is 0.337 e. The van der Waals surface area contributed by atoms with Crippen molar-refractivity contribution in [1.82, 2.24) is 0 Å². The first kappa shape index (κ1) is 14.6. The smallest absolute Gasteiger partial charge is 0.337 e. The second kappa shape index (κ2) is 5.64.